The van der Waals surface area contributed by atoms with Crippen LogP contribution in [0, 0.1) is 0 Å². The van der Waals surface area contributed by atoms with Crippen molar-refractivity contribution in [1.82, 2.24) is 5.06 Å². The average Bonchev–Trinajstić information content (AvgIpc) is 2.42. The third-order valence-electron chi connectivity index (χ3n) is 2.53. The summed E-state index contributed by atoms with van der Waals surface area (Å²) < 4.78 is 5.11. The third kappa shape index (κ3) is 5.71. The molecule has 0 aliphatic rings. The standard InChI is InChI=1S/C15H21NO6/c1-15(2,3)22-14(20)16(12(9-17)13(18)19)21-10-11-7-5-4-6-8-11/h4-8,12,17H,9-10H2,1-3H3,(H,18,19)/t12-/m0/s1. The van der Waals surface area contributed by atoms with E-state index in [9.17, 15) is 14.7 Å². The van der Waals surface area contributed by atoms with Crippen LogP contribution >= 0.6 is 0 Å². The quantitative estimate of drug-likeness (QED) is 0.778. The van der Waals surface area contributed by atoms with Crippen molar-refractivity contribution in [2.75, 3.05) is 6.61 Å². The molecule has 22 heavy (non-hydrogen) atoms. The van der Waals surface area contributed by atoms with E-state index in [1.807, 2.05) is 6.07 Å². The van der Waals surface area contributed by atoms with Crippen molar-refractivity contribution in [2.24, 2.45) is 0 Å². The molecule has 0 aliphatic carbocycles. The van der Waals surface area contributed by atoms with Gasteiger partial charge >= 0.3 is 12.1 Å². The molecule has 1 aromatic rings. The van der Waals surface area contributed by atoms with Gasteiger partial charge in [0.1, 0.15) is 12.2 Å². The number of carbonyl (C=O) groups is 2. The molecule has 1 aromatic carbocycles. The molecule has 1 atom stereocenters. The Morgan fingerprint density at radius 2 is 1.82 bits per heavy atom. The number of carbonyl (C=O) groups excluding carboxylic acids is 1. The maximum absolute atomic E-state index is 12.1. The van der Waals surface area contributed by atoms with Crippen molar-refractivity contribution in [1.29, 1.82) is 0 Å². The molecular formula is C15H21NO6. The summed E-state index contributed by atoms with van der Waals surface area (Å²) >= 11 is 0. The largest absolute Gasteiger partial charge is 0.480 e. The fourth-order valence-electron chi connectivity index (χ4n) is 1.55. The molecule has 0 heterocycles. The first-order chi connectivity index (χ1) is 10.2. The molecule has 2 N–H and O–H groups in total. The van der Waals surface area contributed by atoms with Gasteiger partial charge in [0.15, 0.2) is 6.04 Å². The second-order valence-electron chi connectivity index (χ2n) is 5.60. The molecule has 7 heteroatoms. The number of aliphatic hydroxyl groups excluding tert-OH is 1. The van der Waals surface area contributed by atoms with E-state index >= 15 is 0 Å². The summed E-state index contributed by atoms with van der Waals surface area (Å²) in [7, 11) is 0. The van der Waals surface area contributed by atoms with Crippen LogP contribution in [0.1, 0.15) is 26.3 Å². The van der Waals surface area contributed by atoms with E-state index in [1.165, 1.54) is 0 Å². The van der Waals surface area contributed by atoms with Gasteiger partial charge in [-0.05, 0) is 26.3 Å². The zero-order chi connectivity index (χ0) is 16.8. The number of hydroxylamine groups is 2. The average molecular weight is 311 g/mol. The highest BCUT2D eigenvalue weighted by molar-refractivity contribution is 5.79. The molecule has 0 saturated heterocycles. The number of rotatable bonds is 6. The Bertz CT molecular complexity index is 497. The summed E-state index contributed by atoms with van der Waals surface area (Å²) in [4.78, 5) is 28.5. The zero-order valence-electron chi connectivity index (χ0n) is 12.9. The topological polar surface area (TPSA) is 96.3 Å². The lowest BCUT2D eigenvalue weighted by Gasteiger charge is -2.29. The highest BCUT2D eigenvalue weighted by atomic mass is 16.7. The van der Waals surface area contributed by atoms with Gasteiger partial charge in [-0.15, -0.1) is 0 Å². The Balaban J connectivity index is 2.86. The highest BCUT2D eigenvalue weighted by Gasteiger charge is 2.34. The van der Waals surface area contributed by atoms with Crippen molar-refractivity contribution in [3.05, 3.63) is 35.9 Å². The monoisotopic (exact) mass is 311 g/mol. The number of nitrogens with zero attached hydrogens (tertiary/aromatic N) is 1. The maximum Gasteiger partial charge on any atom is 0.435 e. The molecule has 0 aliphatic heterocycles. The van der Waals surface area contributed by atoms with E-state index in [0.717, 1.165) is 5.56 Å². The third-order valence-corrected chi connectivity index (χ3v) is 2.53. The van der Waals surface area contributed by atoms with Crippen molar-refractivity contribution in [3.63, 3.8) is 0 Å². The maximum atomic E-state index is 12.1. The predicted octanol–water partition coefficient (Wildman–Crippen LogP) is 1.80. The van der Waals surface area contributed by atoms with Gasteiger partial charge in [-0.1, -0.05) is 30.3 Å². The van der Waals surface area contributed by atoms with Gasteiger partial charge in [-0.3, -0.25) is 4.84 Å². The van der Waals surface area contributed by atoms with Crippen LogP contribution in [-0.4, -0.2) is 45.6 Å². The van der Waals surface area contributed by atoms with Crippen LogP contribution in [0.2, 0.25) is 0 Å². The lowest BCUT2D eigenvalue weighted by molar-refractivity contribution is -0.197. The van der Waals surface area contributed by atoms with E-state index in [4.69, 9.17) is 14.7 Å². The van der Waals surface area contributed by atoms with Crippen molar-refractivity contribution < 1.29 is 29.4 Å². The lowest BCUT2D eigenvalue weighted by atomic mass is 10.2. The van der Waals surface area contributed by atoms with Gasteiger partial charge in [0.25, 0.3) is 0 Å². The van der Waals surface area contributed by atoms with E-state index in [1.54, 1.807) is 45.0 Å². The minimum Gasteiger partial charge on any atom is -0.480 e. The van der Waals surface area contributed by atoms with Crippen LogP contribution in [0.3, 0.4) is 0 Å². The molecule has 0 aromatic heterocycles. The summed E-state index contributed by atoms with van der Waals surface area (Å²) in [5, 5.41) is 18.9. The van der Waals surface area contributed by atoms with E-state index in [-0.39, 0.29) is 6.61 Å². The molecule has 0 spiro atoms. The Hall–Kier alpha value is -2.12. The van der Waals surface area contributed by atoms with Gasteiger partial charge in [-0.2, -0.15) is 5.06 Å². The first-order valence-corrected chi connectivity index (χ1v) is 6.77. The number of amides is 1. The van der Waals surface area contributed by atoms with Crippen molar-refractivity contribution in [2.45, 2.75) is 39.0 Å². The smallest absolute Gasteiger partial charge is 0.435 e. The fourth-order valence-corrected chi connectivity index (χ4v) is 1.55. The van der Waals surface area contributed by atoms with Crippen molar-refractivity contribution >= 4 is 12.1 Å². The normalized spacial score (nSPS) is 12.5. The second kappa shape index (κ2) is 7.77. The molecule has 7 nitrogen and oxygen atoms in total. The molecule has 0 bridgehead atoms. The second-order valence-corrected chi connectivity index (χ2v) is 5.60. The Labute approximate surface area is 129 Å². The van der Waals surface area contributed by atoms with Crippen LogP contribution in [0.15, 0.2) is 30.3 Å². The van der Waals surface area contributed by atoms with Crippen LogP contribution in [0.25, 0.3) is 0 Å². The predicted molar refractivity (Wildman–Crippen MR) is 77.8 cm³/mol. The van der Waals surface area contributed by atoms with Crippen LogP contribution < -0.4 is 0 Å². The van der Waals surface area contributed by atoms with Crippen molar-refractivity contribution in [3.8, 4) is 0 Å². The number of hydrogen-bond acceptors (Lipinski definition) is 5. The summed E-state index contributed by atoms with van der Waals surface area (Å²) in [6, 6.07) is 7.39. The molecule has 1 amide bonds. The SMILES string of the molecule is CC(C)(C)OC(=O)N(OCc1ccccc1)[C@@H](CO)C(=O)O. The molecule has 0 saturated carbocycles. The van der Waals surface area contributed by atoms with E-state index < -0.39 is 30.3 Å². The summed E-state index contributed by atoms with van der Waals surface area (Å²) in [6.45, 7) is 4.13. The molecular weight excluding hydrogens is 290 g/mol. The Morgan fingerprint density at radius 1 is 1.23 bits per heavy atom. The van der Waals surface area contributed by atoms with E-state index in [2.05, 4.69) is 0 Å². The first-order valence-electron chi connectivity index (χ1n) is 6.77. The highest BCUT2D eigenvalue weighted by Crippen LogP contribution is 2.14. The molecule has 1 rings (SSSR count). The number of aliphatic carboxylic acids is 1. The Kier molecular flexibility index (Phi) is 6.33. The van der Waals surface area contributed by atoms with E-state index in [0.29, 0.717) is 5.06 Å². The lowest BCUT2D eigenvalue weighted by Crippen LogP contribution is -2.48. The molecule has 0 unspecified atom stereocenters. The zero-order valence-corrected chi connectivity index (χ0v) is 12.9. The summed E-state index contributed by atoms with van der Waals surface area (Å²) in [5.74, 6) is -1.39. The first kappa shape index (κ1) is 17.9. The van der Waals surface area contributed by atoms with Crippen LogP contribution in [-0.2, 0) is 21.0 Å². The number of carboxylic acids is 1. The number of aliphatic hydroxyl groups is 1. The van der Waals surface area contributed by atoms with Gasteiger partial charge < -0.3 is 14.9 Å². The molecule has 122 valence electrons. The number of hydrogen-bond donors (Lipinski definition) is 2. The number of ether oxygens (including phenoxy) is 1. The van der Waals surface area contributed by atoms with Gasteiger partial charge in [0.05, 0.1) is 6.61 Å². The van der Waals surface area contributed by atoms with Gasteiger partial charge in [0.2, 0.25) is 0 Å². The minimum absolute atomic E-state index is 0.0239. The number of benzene rings is 1. The van der Waals surface area contributed by atoms with Crippen LogP contribution in [0.4, 0.5) is 4.79 Å². The van der Waals surface area contributed by atoms with Crippen LogP contribution in [0.5, 0.6) is 0 Å². The molecule has 0 radical (unpaired) electrons. The Morgan fingerprint density at radius 3 is 2.27 bits per heavy atom. The van der Waals surface area contributed by atoms with Gasteiger partial charge in [-0.25, -0.2) is 9.59 Å². The fraction of sp³-hybridized carbons (Fsp3) is 0.467. The summed E-state index contributed by atoms with van der Waals surface area (Å²) in [6.07, 6.45) is -0.968. The summed E-state index contributed by atoms with van der Waals surface area (Å²) in [5.41, 5.74) is -0.0673. The number of carboxylic acid groups (broad SMARTS) is 1. The molecule has 0 fully saturated rings. The minimum atomic E-state index is -1.54. The van der Waals surface area contributed by atoms with Gasteiger partial charge in [0, 0.05) is 0 Å².